The predicted octanol–water partition coefficient (Wildman–Crippen LogP) is 1.27. The monoisotopic (exact) mass is 307 g/mol. The number of ether oxygens (including phenoxy) is 4. The highest BCUT2D eigenvalue weighted by atomic mass is 28.3. The van der Waals surface area contributed by atoms with Gasteiger partial charge in [-0.2, -0.15) is 0 Å². The highest BCUT2D eigenvalue weighted by Crippen LogP contribution is 1.95. The molecule has 0 unspecified atom stereocenters. The number of hydrogen-bond donors (Lipinski definition) is 1. The smallest absolute Gasteiger partial charge is 0.407 e. The van der Waals surface area contributed by atoms with Gasteiger partial charge < -0.3 is 24.3 Å². The van der Waals surface area contributed by atoms with E-state index in [-0.39, 0.29) is 12.7 Å². The second kappa shape index (κ2) is 14.8. The molecule has 0 heterocycles. The lowest BCUT2D eigenvalue weighted by Crippen LogP contribution is -2.27. The number of carbonyl (C=O) groups is 1. The summed E-state index contributed by atoms with van der Waals surface area (Å²) in [7, 11) is 1.12. The number of amides is 1. The Kier molecular flexibility index (Phi) is 14.3. The van der Waals surface area contributed by atoms with Gasteiger partial charge in [-0.05, 0) is 6.42 Å². The van der Waals surface area contributed by atoms with Crippen LogP contribution in [0.5, 0.6) is 0 Å². The standard InChI is InChI=1S/C13H29NO5Si/c1-16-6-7-17-8-9-18-10-11-19-13(15)14-5-4-12-20(2)3/h20H,4-12H2,1-3H3,(H,14,15). The molecule has 0 radical (unpaired) electrons. The molecule has 0 aliphatic heterocycles. The zero-order valence-corrected chi connectivity index (χ0v) is 14.1. The predicted molar refractivity (Wildman–Crippen MR) is 81.2 cm³/mol. The Bertz CT molecular complexity index is 229. The van der Waals surface area contributed by atoms with E-state index in [1.54, 1.807) is 7.11 Å². The van der Waals surface area contributed by atoms with Gasteiger partial charge in [-0.25, -0.2) is 4.79 Å². The van der Waals surface area contributed by atoms with Crippen LogP contribution in [0.2, 0.25) is 19.1 Å². The Morgan fingerprint density at radius 3 is 2.20 bits per heavy atom. The van der Waals surface area contributed by atoms with Crippen molar-refractivity contribution < 1.29 is 23.7 Å². The summed E-state index contributed by atoms with van der Waals surface area (Å²) in [6.07, 6.45) is 0.671. The van der Waals surface area contributed by atoms with Gasteiger partial charge in [0.2, 0.25) is 0 Å². The van der Waals surface area contributed by atoms with Gasteiger partial charge in [0.15, 0.2) is 0 Å². The molecule has 0 saturated carbocycles. The molecule has 20 heavy (non-hydrogen) atoms. The lowest BCUT2D eigenvalue weighted by molar-refractivity contribution is 0.0131. The van der Waals surface area contributed by atoms with Gasteiger partial charge in [0.25, 0.3) is 0 Å². The number of rotatable bonds is 13. The summed E-state index contributed by atoms with van der Waals surface area (Å²) in [4.78, 5) is 11.3. The van der Waals surface area contributed by atoms with Crippen LogP contribution in [-0.2, 0) is 18.9 Å². The zero-order chi connectivity index (χ0) is 15.1. The summed E-state index contributed by atoms with van der Waals surface area (Å²) in [5.74, 6) is 0. The molecule has 0 saturated heterocycles. The Hall–Kier alpha value is -0.633. The third-order valence-electron chi connectivity index (χ3n) is 2.49. The molecular weight excluding hydrogens is 278 g/mol. The molecule has 0 bridgehead atoms. The van der Waals surface area contributed by atoms with Crippen LogP contribution in [0.15, 0.2) is 0 Å². The average Bonchev–Trinajstić information content (AvgIpc) is 2.41. The van der Waals surface area contributed by atoms with E-state index < -0.39 is 8.80 Å². The molecule has 1 N–H and O–H groups in total. The van der Waals surface area contributed by atoms with Crippen molar-refractivity contribution in [2.24, 2.45) is 0 Å². The first-order chi connectivity index (χ1) is 9.66. The number of carbonyl (C=O) groups excluding carboxylic acids is 1. The molecule has 0 atom stereocenters. The van der Waals surface area contributed by atoms with Crippen LogP contribution in [-0.4, -0.2) is 68.2 Å². The van der Waals surface area contributed by atoms with Gasteiger partial charge in [-0.3, -0.25) is 0 Å². The fourth-order valence-corrected chi connectivity index (χ4v) is 2.43. The van der Waals surface area contributed by atoms with E-state index in [0.29, 0.717) is 39.6 Å². The molecule has 0 spiro atoms. The van der Waals surface area contributed by atoms with Gasteiger partial charge in [-0.1, -0.05) is 19.1 Å². The van der Waals surface area contributed by atoms with Gasteiger partial charge in [0.05, 0.1) is 33.0 Å². The zero-order valence-electron chi connectivity index (χ0n) is 13.0. The minimum Gasteiger partial charge on any atom is -0.447 e. The Labute approximate surface area is 123 Å². The van der Waals surface area contributed by atoms with Crippen LogP contribution in [0.3, 0.4) is 0 Å². The molecule has 0 aromatic carbocycles. The molecule has 0 rings (SSSR count). The average molecular weight is 307 g/mol. The fourth-order valence-electron chi connectivity index (χ4n) is 1.41. The number of hydrogen-bond acceptors (Lipinski definition) is 5. The van der Waals surface area contributed by atoms with E-state index in [2.05, 4.69) is 18.4 Å². The highest BCUT2D eigenvalue weighted by molar-refractivity contribution is 6.55. The molecule has 0 aromatic rings. The maximum absolute atomic E-state index is 11.3. The first-order valence-electron chi connectivity index (χ1n) is 7.22. The first kappa shape index (κ1) is 19.4. The molecule has 6 nitrogen and oxygen atoms in total. The summed E-state index contributed by atoms with van der Waals surface area (Å²) in [6.45, 7) is 8.12. The molecule has 1 amide bonds. The quantitative estimate of drug-likeness (QED) is 0.410. The first-order valence-corrected chi connectivity index (χ1v) is 10.3. The van der Waals surface area contributed by atoms with Gasteiger partial charge >= 0.3 is 6.09 Å². The SMILES string of the molecule is COCCOCCOCCOC(=O)NCCC[SiH](C)C. The number of nitrogens with one attached hydrogen (secondary N) is 1. The second-order valence-corrected chi connectivity index (χ2v) is 8.18. The van der Waals surface area contributed by atoms with Crippen molar-refractivity contribution in [1.29, 1.82) is 0 Å². The number of alkyl carbamates (subject to hydrolysis) is 1. The van der Waals surface area contributed by atoms with Crippen LogP contribution in [0.1, 0.15) is 6.42 Å². The van der Waals surface area contributed by atoms with Crippen LogP contribution in [0, 0.1) is 0 Å². The lowest BCUT2D eigenvalue weighted by atomic mass is 10.5. The topological polar surface area (TPSA) is 66.0 Å². The molecule has 0 aliphatic rings. The minimum absolute atomic E-state index is 0.267. The second-order valence-electron chi connectivity index (χ2n) is 4.82. The van der Waals surface area contributed by atoms with Crippen molar-refractivity contribution in [1.82, 2.24) is 5.32 Å². The lowest BCUT2D eigenvalue weighted by Gasteiger charge is -2.08. The molecular formula is C13H29NO5Si. The summed E-state index contributed by atoms with van der Waals surface area (Å²) in [6, 6.07) is 1.24. The highest BCUT2D eigenvalue weighted by Gasteiger charge is 2.01. The van der Waals surface area contributed by atoms with Crippen LogP contribution < -0.4 is 5.32 Å². The van der Waals surface area contributed by atoms with Crippen molar-refractivity contribution in [3.05, 3.63) is 0 Å². The summed E-state index contributed by atoms with van der Waals surface area (Å²) in [5.41, 5.74) is 0. The fraction of sp³-hybridized carbons (Fsp3) is 0.923. The normalized spacial score (nSPS) is 10.8. The van der Waals surface area contributed by atoms with Crippen molar-refractivity contribution in [3.8, 4) is 0 Å². The summed E-state index contributed by atoms with van der Waals surface area (Å²) < 4.78 is 20.3. The molecule has 7 heteroatoms. The Balaban J connectivity index is 3.15. The van der Waals surface area contributed by atoms with E-state index in [0.717, 1.165) is 6.42 Å². The maximum Gasteiger partial charge on any atom is 0.407 e. The Morgan fingerprint density at radius 2 is 1.60 bits per heavy atom. The van der Waals surface area contributed by atoms with Gasteiger partial charge in [0, 0.05) is 22.5 Å². The molecule has 120 valence electrons. The van der Waals surface area contributed by atoms with Gasteiger partial charge in [0.1, 0.15) is 6.61 Å². The minimum atomic E-state index is -0.512. The molecule has 0 aliphatic carbocycles. The van der Waals surface area contributed by atoms with Crippen molar-refractivity contribution in [3.63, 3.8) is 0 Å². The van der Waals surface area contributed by atoms with Gasteiger partial charge in [-0.15, -0.1) is 0 Å². The maximum atomic E-state index is 11.3. The summed E-state index contributed by atoms with van der Waals surface area (Å²) in [5, 5.41) is 2.73. The third kappa shape index (κ3) is 15.4. The number of methoxy groups -OCH3 is 1. The van der Waals surface area contributed by atoms with Crippen LogP contribution in [0.4, 0.5) is 4.79 Å². The molecule has 0 fully saturated rings. The molecule has 0 aromatic heterocycles. The largest absolute Gasteiger partial charge is 0.447 e. The van der Waals surface area contributed by atoms with E-state index in [1.807, 2.05) is 0 Å². The van der Waals surface area contributed by atoms with Crippen LogP contribution >= 0.6 is 0 Å². The third-order valence-corrected chi connectivity index (χ3v) is 4.06. The van der Waals surface area contributed by atoms with E-state index in [1.165, 1.54) is 6.04 Å². The van der Waals surface area contributed by atoms with Crippen molar-refractivity contribution in [2.75, 3.05) is 53.3 Å². The van der Waals surface area contributed by atoms with E-state index in [9.17, 15) is 4.79 Å². The summed E-state index contributed by atoms with van der Waals surface area (Å²) >= 11 is 0. The Morgan fingerprint density at radius 1 is 1.00 bits per heavy atom. The van der Waals surface area contributed by atoms with Crippen molar-refractivity contribution >= 4 is 14.9 Å². The van der Waals surface area contributed by atoms with Crippen molar-refractivity contribution in [2.45, 2.75) is 25.6 Å². The van der Waals surface area contributed by atoms with Crippen LogP contribution in [0.25, 0.3) is 0 Å². The van der Waals surface area contributed by atoms with E-state index in [4.69, 9.17) is 18.9 Å². The van der Waals surface area contributed by atoms with E-state index >= 15 is 0 Å².